The van der Waals surface area contributed by atoms with Crippen LogP contribution in [0, 0.1) is 6.92 Å². The molecule has 4 aromatic carbocycles. The smallest absolute Gasteiger partial charge is 0.358 e. The van der Waals surface area contributed by atoms with Crippen LogP contribution in [0.4, 0.5) is 22.3 Å². The minimum absolute atomic E-state index is 0.198. The Kier molecular flexibility index (Phi) is 8.84. The van der Waals surface area contributed by atoms with Crippen LogP contribution in [-0.4, -0.2) is 41.0 Å². The minimum atomic E-state index is -0.702. The van der Waals surface area contributed by atoms with E-state index in [9.17, 15) is 9.59 Å². The van der Waals surface area contributed by atoms with Crippen LogP contribution in [0.15, 0.2) is 103 Å². The minimum Gasteiger partial charge on any atom is -0.455 e. The van der Waals surface area contributed by atoms with E-state index in [-0.39, 0.29) is 11.6 Å². The van der Waals surface area contributed by atoms with Gasteiger partial charge in [-0.3, -0.25) is 10.1 Å². The first kappa shape index (κ1) is 33.0. The number of nitrogens with zero attached hydrogens (tertiary/aromatic N) is 4. The monoisotopic (exact) mass is 681 g/mol. The van der Waals surface area contributed by atoms with E-state index in [1.54, 1.807) is 0 Å². The number of rotatable bonds is 7. The molecule has 0 saturated heterocycles. The van der Waals surface area contributed by atoms with Crippen LogP contribution < -0.4 is 15.1 Å². The molecule has 1 N–H and O–H groups in total. The van der Waals surface area contributed by atoms with E-state index in [1.165, 1.54) is 11.3 Å². The molecule has 0 spiro atoms. The zero-order valence-corrected chi connectivity index (χ0v) is 29.7. The molecule has 9 heteroatoms. The number of nitrogens with one attached hydrogen (secondary N) is 1. The van der Waals surface area contributed by atoms with Crippen molar-refractivity contribution in [3.05, 3.63) is 131 Å². The summed E-state index contributed by atoms with van der Waals surface area (Å²) in [5, 5.41) is 3.59. The summed E-state index contributed by atoms with van der Waals surface area (Å²) < 4.78 is 6.93. The largest absolute Gasteiger partial charge is 0.455 e. The molecule has 0 bridgehead atoms. The summed E-state index contributed by atoms with van der Waals surface area (Å²) in [7, 11) is 2.04. The molecule has 3 heterocycles. The summed E-state index contributed by atoms with van der Waals surface area (Å²) in [6.07, 6.45) is 0.732. The molecule has 1 aliphatic rings. The topological polar surface area (TPSA) is 87.7 Å². The van der Waals surface area contributed by atoms with Gasteiger partial charge in [0, 0.05) is 42.6 Å². The molecule has 1 amide bonds. The highest BCUT2D eigenvalue weighted by atomic mass is 32.1. The van der Waals surface area contributed by atoms with Crippen molar-refractivity contribution in [2.45, 2.75) is 46.3 Å². The second-order valence-corrected chi connectivity index (χ2v) is 14.5. The Bertz CT molecular complexity index is 2190. The molecular weight excluding hydrogens is 643 g/mol. The summed E-state index contributed by atoms with van der Waals surface area (Å²) in [4.78, 5) is 41.3. The average molecular weight is 682 g/mol. The number of hydrogen-bond donors (Lipinski definition) is 1. The van der Waals surface area contributed by atoms with Crippen molar-refractivity contribution in [3.63, 3.8) is 0 Å². The number of benzene rings is 4. The second kappa shape index (κ2) is 13.4. The van der Waals surface area contributed by atoms with E-state index >= 15 is 0 Å². The highest BCUT2D eigenvalue weighted by Crippen LogP contribution is 2.37. The predicted molar refractivity (Wildman–Crippen MR) is 203 cm³/mol. The van der Waals surface area contributed by atoms with Crippen LogP contribution in [0.25, 0.3) is 21.3 Å². The number of amides is 1. The number of pyridine rings is 1. The van der Waals surface area contributed by atoms with E-state index in [2.05, 4.69) is 51.3 Å². The molecule has 2 aromatic heterocycles. The lowest BCUT2D eigenvalue weighted by Crippen LogP contribution is -2.33. The Morgan fingerprint density at radius 3 is 2.40 bits per heavy atom. The van der Waals surface area contributed by atoms with Crippen LogP contribution in [-0.2, 0) is 17.7 Å². The first-order valence-electron chi connectivity index (χ1n) is 16.7. The molecule has 0 saturated carbocycles. The van der Waals surface area contributed by atoms with Crippen molar-refractivity contribution in [2.75, 3.05) is 28.7 Å². The van der Waals surface area contributed by atoms with Crippen molar-refractivity contribution < 1.29 is 14.3 Å². The van der Waals surface area contributed by atoms with Crippen LogP contribution >= 0.6 is 11.3 Å². The van der Waals surface area contributed by atoms with E-state index in [4.69, 9.17) is 9.72 Å². The van der Waals surface area contributed by atoms with E-state index in [0.717, 1.165) is 50.3 Å². The highest BCUT2D eigenvalue weighted by molar-refractivity contribution is 7.22. The maximum Gasteiger partial charge on any atom is 0.358 e. The summed E-state index contributed by atoms with van der Waals surface area (Å²) in [6, 6.07) is 33.9. The van der Waals surface area contributed by atoms with Gasteiger partial charge in [-0.1, -0.05) is 65.9 Å². The van der Waals surface area contributed by atoms with Gasteiger partial charge in [0.05, 0.1) is 10.2 Å². The number of carbonyl (C=O) groups excluding carboxylic acids is 2. The zero-order valence-electron chi connectivity index (χ0n) is 28.9. The first-order chi connectivity index (χ1) is 24.1. The van der Waals surface area contributed by atoms with Gasteiger partial charge in [-0.25, -0.2) is 14.8 Å². The van der Waals surface area contributed by atoms with E-state index in [0.29, 0.717) is 35.2 Å². The number of esters is 1. The number of aromatic nitrogens is 2. The van der Waals surface area contributed by atoms with E-state index < -0.39 is 11.6 Å². The van der Waals surface area contributed by atoms with E-state index in [1.807, 2.05) is 107 Å². The average Bonchev–Trinajstić information content (AvgIpc) is 3.53. The molecule has 0 atom stereocenters. The summed E-state index contributed by atoms with van der Waals surface area (Å²) in [5.41, 5.74) is 7.80. The van der Waals surface area contributed by atoms with Crippen LogP contribution in [0.1, 0.15) is 58.3 Å². The Labute approximate surface area is 296 Å². The number of carbonyl (C=O) groups is 2. The molecule has 50 heavy (non-hydrogen) atoms. The van der Waals surface area contributed by atoms with Gasteiger partial charge in [0.2, 0.25) is 0 Å². The van der Waals surface area contributed by atoms with Crippen molar-refractivity contribution in [3.8, 4) is 11.1 Å². The number of fused-ring (bicyclic) bond motifs is 2. The fourth-order valence-corrected chi connectivity index (χ4v) is 7.33. The van der Waals surface area contributed by atoms with Crippen molar-refractivity contribution >= 4 is 55.8 Å². The summed E-state index contributed by atoms with van der Waals surface area (Å²) in [6.45, 7) is 8.80. The van der Waals surface area contributed by atoms with Crippen LogP contribution in [0.3, 0.4) is 0 Å². The molecule has 0 aliphatic carbocycles. The standard InChI is InChI=1S/C41H39N5O3S/c1-26-29(16-12-19-34(26)45(5)28-14-7-6-8-15-28)30-21-22-36(43-37(30)39(48)49-41(2,3)4)46-24-23-27-13-11-17-31(32(27)25-46)38(47)44-40-42-33-18-9-10-20-35(33)50-40/h6-22H,23-25H2,1-5H3,(H,42,44,47). The van der Waals surface area contributed by atoms with Crippen molar-refractivity contribution in [2.24, 2.45) is 0 Å². The number of thiazole rings is 1. The van der Waals surface area contributed by atoms with Crippen LogP contribution in [0.2, 0.25) is 0 Å². The number of ether oxygens (including phenoxy) is 1. The second-order valence-electron chi connectivity index (χ2n) is 13.5. The molecule has 1 aliphatic heterocycles. The third kappa shape index (κ3) is 6.69. The fraction of sp³-hybridized carbons (Fsp3) is 0.220. The summed E-state index contributed by atoms with van der Waals surface area (Å²) >= 11 is 1.45. The Morgan fingerprint density at radius 2 is 1.62 bits per heavy atom. The SMILES string of the molecule is Cc1c(-c2ccc(N3CCc4cccc(C(=O)Nc5nc6ccccc6s5)c4C3)nc2C(=O)OC(C)(C)C)cccc1N(C)c1ccccc1. The fourth-order valence-electron chi connectivity index (χ4n) is 6.47. The van der Waals surface area contributed by atoms with Crippen molar-refractivity contribution in [1.82, 2.24) is 9.97 Å². The van der Waals surface area contributed by atoms with Gasteiger partial charge in [-0.15, -0.1) is 0 Å². The lowest BCUT2D eigenvalue weighted by atomic mass is 9.94. The lowest BCUT2D eigenvalue weighted by molar-refractivity contribution is 0.00638. The predicted octanol–water partition coefficient (Wildman–Crippen LogP) is 9.20. The first-order valence-corrected chi connectivity index (χ1v) is 17.5. The van der Waals surface area contributed by atoms with Gasteiger partial charge in [-0.2, -0.15) is 0 Å². The number of anilines is 4. The quantitative estimate of drug-likeness (QED) is 0.168. The van der Waals surface area contributed by atoms with Gasteiger partial charge in [0.1, 0.15) is 11.4 Å². The Hall–Kier alpha value is -5.54. The van der Waals surface area contributed by atoms with Gasteiger partial charge in [0.15, 0.2) is 10.8 Å². The molecule has 0 fully saturated rings. The maximum absolute atomic E-state index is 13.8. The van der Waals surface area contributed by atoms with Gasteiger partial charge < -0.3 is 14.5 Å². The normalized spacial score (nSPS) is 12.8. The molecule has 252 valence electrons. The number of hydrogen-bond acceptors (Lipinski definition) is 8. The maximum atomic E-state index is 13.8. The Balaban J connectivity index is 1.22. The zero-order chi connectivity index (χ0) is 35.0. The number of para-hydroxylation sites is 2. The summed E-state index contributed by atoms with van der Waals surface area (Å²) in [5.74, 6) is -0.0305. The van der Waals surface area contributed by atoms with Crippen molar-refractivity contribution in [1.29, 1.82) is 0 Å². The van der Waals surface area contributed by atoms with Gasteiger partial charge in [-0.05, 0) is 105 Å². The van der Waals surface area contributed by atoms with Gasteiger partial charge >= 0.3 is 5.97 Å². The molecule has 8 nitrogen and oxygen atoms in total. The van der Waals surface area contributed by atoms with Gasteiger partial charge in [0.25, 0.3) is 5.91 Å². The molecule has 0 unspecified atom stereocenters. The molecule has 0 radical (unpaired) electrons. The third-order valence-corrected chi connectivity index (χ3v) is 9.88. The van der Waals surface area contributed by atoms with Crippen LogP contribution in [0.5, 0.6) is 0 Å². The Morgan fingerprint density at radius 1 is 0.860 bits per heavy atom. The third-order valence-electron chi connectivity index (χ3n) is 8.93. The molecule has 6 aromatic rings. The molecule has 7 rings (SSSR count). The highest BCUT2D eigenvalue weighted by Gasteiger charge is 2.28. The molecular formula is C41H39N5O3S. The lowest BCUT2D eigenvalue weighted by Gasteiger charge is -2.31.